The first kappa shape index (κ1) is 28.8. The minimum Gasteiger partial charge on any atom is -0.394 e. The van der Waals surface area contributed by atoms with E-state index in [1.807, 2.05) is 0 Å². The van der Waals surface area contributed by atoms with Crippen molar-refractivity contribution in [3.63, 3.8) is 0 Å². The first-order valence-electron chi connectivity index (χ1n) is 10.7. The normalized spacial score (nSPS) is 18.7. The Balaban J connectivity index is 2.39. The maximum atomic E-state index is 14.1. The molecule has 0 aliphatic heterocycles. The van der Waals surface area contributed by atoms with E-state index in [0.717, 1.165) is 17.8 Å². The number of nitrogen functional groups attached to an aromatic ring is 1. The van der Waals surface area contributed by atoms with Gasteiger partial charge >= 0.3 is 7.60 Å². The number of imidazole rings is 1. The van der Waals surface area contributed by atoms with E-state index in [0.29, 0.717) is 0 Å². The molecule has 0 aliphatic carbocycles. The van der Waals surface area contributed by atoms with Crippen molar-refractivity contribution < 1.29 is 38.4 Å². The molecular weight excluding hydrogens is 490 g/mol. The zero-order valence-electron chi connectivity index (χ0n) is 19.5. The third-order valence-electron chi connectivity index (χ3n) is 5.72. The Bertz CT molecular complexity index is 1110. The molecule has 0 fully saturated rings. The topological polar surface area (TPSA) is 235 Å². The van der Waals surface area contributed by atoms with Crippen molar-refractivity contribution in [1.29, 1.82) is 0 Å². The van der Waals surface area contributed by atoms with Crippen LogP contribution >= 0.6 is 7.60 Å². The number of azide groups is 1. The van der Waals surface area contributed by atoms with Gasteiger partial charge in [0.05, 0.1) is 13.2 Å². The zero-order valence-corrected chi connectivity index (χ0v) is 20.4. The molecule has 2 rings (SSSR count). The van der Waals surface area contributed by atoms with E-state index in [1.54, 1.807) is 0 Å². The maximum Gasteiger partial charge on any atom is 0.359 e. The summed E-state index contributed by atoms with van der Waals surface area (Å²) >= 11 is 0. The number of fused-ring (bicyclic) bond motifs is 1. The summed E-state index contributed by atoms with van der Waals surface area (Å²) in [6.07, 6.45) is -2.35. The first-order valence-corrected chi connectivity index (χ1v) is 12.3. The molecule has 5 atom stereocenters. The second kappa shape index (κ2) is 11.5. The molecule has 0 spiro atoms. The number of halogens is 1. The number of aliphatic hydroxyl groups excluding tert-OH is 2. The summed E-state index contributed by atoms with van der Waals surface area (Å²) in [5.41, 5.74) is 13.0. The van der Waals surface area contributed by atoms with Crippen molar-refractivity contribution in [1.82, 2.24) is 19.5 Å². The Morgan fingerprint density at radius 1 is 1.40 bits per heavy atom. The van der Waals surface area contributed by atoms with Gasteiger partial charge in [-0.15, -0.1) is 0 Å². The SMILES string of the molecule is CCC(CF)(CCO[C@H]([C@H](O)CO)n1c(N=[N+]=[N-])nc2c(N)ncnc21)OP(=O)(O)C(C)(O)CC. The van der Waals surface area contributed by atoms with Gasteiger partial charge in [-0.3, -0.25) is 13.7 Å². The number of nitrogens with zero attached hydrogens (tertiary/aromatic N) is 7. The number of alkyl halides is 1. The Morgan fingerprint density at radius 2 is 2.09 bits per heavy atom. The number of ether oxygens (including phenoxy) is 1. The first-order chi connectivity index (χ1) is 16.4. The fourth-order valence-electron chi connectivity index (χ4n) is 3.11. The molecule has 2 heterocycles. The Hall–Kier alpha value is -2.42. The fraction of sp³-hybridized carbons (Fsp3) is 0.722. The van der Waals surface area contributed by atoms with Crippen molar-refractivity contribution >= 4 is 30.5 Å². The smallest absolute Gasteiger partial charge is 0.359 e. The molecule has 0 bridgehead atoms. The summed E-state index contributed by atoms with van der Waals surface area (Å²) in [4.78, 5) is 24.8. The van der Waals surface area contributed by atoms with Crippen LogP contribution in [0.1, 0.15) is 46.3 Å². The van der Waals surface area contributed by atoms with Crippen molar-refractivity contribution in [2.75, 3.05) is 25.6 Å². The predicted molar refractivity (Wildman–Crippen MR) is 122 cm³/mol. The summed E-state index contributed by atoms with van der Waals surface area (Å²) in [7, 11) is -4.67. The van der Waals surface area contributed by atoms with Gasteiger partial charge in [0.2, 0.25) is 5.95 Å². The van der Waals surface area contributed by atoms with Crippen LogP contribution in [0.2, 0.25) is 0 Å². The second-order valence-electron chi connectivity index (χ2n) is 8.02. The summed E-state index contributed by atoms with van der Waals surface area (Å²) < 4.78 is 38.8. The van der Waals surface area contributed by atoms with Gasteiger partial charge in [0.15, 0.2) is 28.6 Å². The molecule has 196 valence electrons. The van der Waals surface area contributed by atoms with Crippen LogP contribution in [0.3, 0.4) is 0 Å². The van der Waals surface area contributed by atoms with Crippen LogP contribution in [0.15, 0.2) is 11.4 Å². The van der Waals surface area contributed by atoms with Crippen molar-refractivity contribution in [2.45, 2.75) is 63.3 Å². The molecule has 2 aromatic heterocycles. The van der Waals surface area contributed by atoms with Gasteiger partial charge in [0.25, 0.3) is 0 Å². The van der Waals surface area contributed by atoms with E-state index in [1.165, 1.54) is 13.8 Å². The lowest BCUT2D eigenvalue weighted by molar-refractivity contribution is -0.110. The third-order valence-corrected chi connectivity index (χ3v) is 7.89. The number of nitrogens with two attached hydrogens (primary N) is 1. The van der Waals surface area contributed by atoms with Gasteiger partial charge in [-0.1, -0.05) is 13.8 Å². The minimum absolute atomic E-state index is 0.0275. The van der Waals surface area contributed by atoms with Crippen LogP contribution in [-0.2, 0) is 13.8 Å². The third kappa shape index (κ3) is 6.05. The van der Waals surface area contributed by atoms with Gasteiger partial charge in [0, 0.05) is 11.3 Å². The molecule has 15 nitrogen and oxygen atoms in total. The highest BCUT2D eigenvalue weighted by molar-refractivity contribution is 7.54. The Morgan fingerprint density at radius 3 is 2.63 bits per heavy atom. The van der Waals surface area contributed by atoms with Gasteiger partial charge in [-0.25, -0.2) is 19.3 Å². The molecular formula is C18H30FN8O7P. The van der Waals surface area contributed by atoms with Crippen molar-refractivity contribution in [3.05, 3.63) is 16.8 Å². The molecule has 0 amide bonds. The number of rotatable bonds is 14. The maximum absolute atomic E-state index is 14.1. The number of hydrogen-bond acceptors (Lipinski definition) is 11. The van der Waals surface area contributed by atoms with Crippen LogP contribution in [-0.4, -0.2) is 76.7 Å². The summed E-state index contributed by atoms with van der Waals surface area (Å²) in [5.74, 6) is -0.340. The van der Waals surface area contributed by atoms with Gasteiger partial charge in [-0.2, -0.15) is 0 Å². The highest BCUT2D eigenvalue weighted by Crippen LogP contribution is 2.58. The molecule has 35 heavy (non-hydrogen) atoms. The van der Waals surface area contributed by atoms with E-state index in [4.69, 9.17) is 20.5 Å². The zero-order chi connectivity index (χ0) is 26.4. The van der Waals surface area contributed by atoms with Crippen LogP contribution in [0.25, 0.3) is 21.6 Å². The standard InChI is InChI=1S/C18H30FN8O7P/c1-4-17(3,30)35(31,32)34-18(5-2,9-19)6-7-33-15(11(29)8-28)27-14-12(13(20)22-10-23-14)24-16(27)25-26-21/h10-11,15,28-30H,4-9H2,1-3H3,(H,31,32)(H2,20,22,23)/t11-,15-,17?,18?/m1/s1. The highest BCUT2D eigenvalue weighted by Gasteiger charge is 2.48. The largest absolute Gasteiger partial charge is 0.394 e. The van der Waals surface area contributed by atoms with Crippen LogP contribution in [0.4, 0.5) is 16.2 Å². The van der Waals surface area contributed by atoms with Crippen molar-refractivity contribution in [3.8, 4) is 0 Å². The minimum atomic E-state index is -4.67. The van der Waals surface area contributed by atoms with Gasteiger partial charge in [0.1, 0.15) is 24.7 Å². The van der Waals surface area contributed by atoms with E-state index in [9.17, 15) is 29.2 Å². The molecule has 0 aromatic carbocycles. The van der Waals surface area contributed by atoms with Crippen molar-refractivity contribution in [2.24, 2.45) is 5.11 Å². The number of aliphatic hydroxyl groups is 3. The Kier molecular flexibility index (Phi) is 9.50. The summed E-state index contributed by atoms with van der Waals surface area (Å²) in [5, 5.41) is 31.6. The van der Waals surface area contributed by atoms with E-state index in [2.05, 4.69) is 25.0 Å². The highest BCUT2D eigenvalue weighted by atomic mass is 31.2. The van der Waals surface area contributed by atoms with Crippen LogP contribution in [0, 0.1) is 0 Å². The average Bonchev–Trinajstić information content (AvgIpc) is 3.19. The van der Waals surface area contributed by atoms with E-state index >= 15 is 0 Å². The lowest BCUT2D eigenvalue weighted by Crippen LogP contribution is -2.39. The summed E-state index contributed by atoms with van der Waals surface area (Å²) in [6, 6.07) is 0. The Labute approximate surface area is 199 Å². The lowest BCUT2D eigenvalue weighted by Gasteiger charge is -2.37. The average molecular weight is 520 g/mol. The number of hydrogen-bond donors (Lipinski definition) is 5. The summed E-state index contributed by atoms with van der Waals surface area (Å²) in [6.45, 7) is 1.81. The molecule has 3 unspecified atom stereocenters. The quantitative estimate of drug-likeness (QED) is 0.105. The lowest BCUT2D eigenvalue weighted by atomic mass is 9.99. The molecule has 0 aliphatic rings. The van der Waals surface area contributed by atoms with E-state index < -0.39 is 44.2 Å². The number of aromatic nitrogens is 4. The van der Waals surface area contributed by atoms with Gasteiger partial charge < -0.3 is 30.7 Å². The van der Waals surface area contributed by atoms with E-state index in [-0.39, 0.29) is 48.8 Å². The molecule has 0 saturated carbocycles. The molecule has 6 N–H and O–H groups in total. The molecule has 17 heteroatoms. The fourth-order valence-corrected chi connectivity index (χ4v) is 4.50. The monoisotopic (exact) mass is 520 g/mol. The predicted octanol–water partition coefficient (Wildman–Crippen LogP) is 2.05. The van der Waals surface area contributed by atoms with Crippen LogP contribution in [0.5, 0.6) is 0 Å². The molecule has 0 radical (unpaired) electrons. The number of anilines is 1. The molecule has 2 aromatic rings. The second-order valence-corrected chi connectivity index (χ2v) is 10.2. The molecule has 0 saturated heterocycles. The van der Waals surface area contributed by atoms with Gasteiger partial charge in [-0.05, 0) is 30.4 Å². The van der Waals surface area contributed by atoms with Crippen LogP contribution < -0.4 is 5.73 Å².